The predicted octanol–water partition coefficient (Wildman–Crippen LogP) is 0.841. The fourth-order valence-corrected chi connectivity index (χ4v) is 3.52. The van der Waals surface area contributed by atoms with Crippen molar-refractivity contribution in [3.63, 3.8) is 0 Å². The Morgan fingerprint density at radius 3 is 2.78 bits per heavy atom. The van der Waals surface area contributed by atoms with Crippen molar-refractivity contribution in [1.29, 1.82) is 0 Å². The summed E-state index contributed by atoms with van der Waals surface area (Å²) in [6, 6.07) is 3.15. The lowest BCUT2D eigenvalue weighted by molar-refractivity contribution is 0.0408. The molecule has 1 aromatic heterocycles. The smallest absolute Gasteiger partial charge is 0.198 e. The minimum atomic E-state index is -3.42. The number of pyridine rings is 1. The van der Waals surface area contributed by atoms with Crippen LogP contribution in [0.5, 0.6) is 0 Å². The molecule has 100 valence electrons. The van der Waals surface area contributed by atoms with Crippen molar-refractivity contribution in [2.24, 2.45) is 0 Å². The zero-order valence-corrected chi connectivity index (χ0v) is 11.5. The van der Waals surface area contributed by atoms with Gasteiger partial charge in [-0.05, 0) is 12.1 Å². The monoisotopic (exact) mass is 290 g/mol. The molecule has 0 amide bonds. The average molecular weight is 291 g/mol. The molecule has 18 heavy (non-hydrogen) atoms. The van der Waals surface area contributed by atoms with Crippen LogP contribution in [-0.2, 0) is 14.6 Å². The molecule has 1 aromatic rings. The molecule has 0 saturated carbocycles. The van der Waals surface area contributed by atoms with Crippen LogP contribution < -0.4 is 0 Å². The van der Waals surface area contributed by atoms with E-state index < -0.39 is 9.84 Å². The molecule has 2 heterocycles. The van der Waals surface area contributed by atoms with Crippen molar-refractivity contribution >= 4 is 21.4 Å². The zero-order valence-electron chi connectivity index (χ0n) is 9.88. The van der Waals surface area contributed by atoms with Crippen molar-refractivity contribution in [1.82, 2.24) is 9.88 Å². The third kappa shape index (κ3) is 3.41. The lowest BCUT2D eigenvalue weighted by atomic mass is 10.4. The maximum atomic E-state index is 12.1. The summed E-state index contributed by atoms with van der Waals surface area (Å²) in [5, 5.41) is 0.152. The minimum Gasteiger partial charge on any atom is -0.379 e. The quantitative estimate of drug-likeness (QED) is 0.822. The normalized spacial score (nSPS) is 17.8. The fourth-order valence-electron chi connectivity index (χ4n) is 1.77. The Bertz CT molecular complexity index is 501. The van der Waals surface area contributed by atoms with Gasteiger partial charge < -0.3 is 4.74 Å². The minimum absolute atomic E-state index is 0.0278. The van der Waals surface area contributed by atoms with E-state index in [-0.39, 0.29) is 15.8 Å². The lowest BCUT2D eigenvalue weighted by Gasteiger charge is -2.26. The van der Waals surface area contributed by atoms with Crippen LogP contribution in [0.3, 0.4) is 0 Å². The summed E-state index contributed by atoms with van der Waals surface area (Å²) in [5.41, 5.74) is 0. The Morgan fingerprint density at radius 2 is 2.11 bits per heavy atom. The third-order valence-corrected chi connectivity index (χ3v) is 4.85. The number of morpholine rings is 1. The molecule has 0 bridgehead atoms. The van der Waals surface area contributed by atoms with Gasteiger partial charge in [0.05, 0.1) is 24.0 Å². The summed E-state index contributed by atoms with van der Waals surface area (Å²) in [6.45, 7) is 3.34. The zero-order chi connectivity index (χ0) is 13.0. The van der Waals surface area contributed by atoms with E-state index in [1.165, 1.54) is 12.3 Å². The van der Waals surface area contributed by atoms with E-state index in [1.54, 1.807) is 6.07 Å². The number of halogens is 1. The maximum absolute atomic E-state index is 12.1. The second kappa shape index (κ2) is 5.97. The first-order chi connectivity index (χ1) is 8.59. The van der Waals surface area contributed by atoms with Crippen LogP contribution in [0.2, 0.25) is 5.02 Å². The SMILES string of the molecule is O=S(=O)(CCN1CCOCC1)c1ncccc1Cl. The van der Waals surface area contributed by atoms with Gasteiger partial charge in [-0.1, -0.05) is 11.6 Å². The Balaban J connectivity index is 2.01. The first-order valence-electron chi connectivity index (χ1n) is 5.73. The number of hydrogen-bond donors (Lipinski definition) is 0. The van der Waals surface area contributed by atoms with Crippen molar-refractivity contribution in [2.45, 2.75) is 5.03 Å². The van der Waals surface area contributed by atoms with E-state index in [4.69, 9.17) is 16.3 Å². The van der Waals surface area contributed by atoms with Gasteiger partial charge in [-0.25, -0.2) is 13.4 Å². The highest BCUT2D eigenvalue weighted by atomic mass is 35.5. The van der Waals surface area contributed by atoms with Gasteiger partial charge in [-0.3, -0.25) is 4.90 Å². The second-order valence-corrected chi connectivity index (χ2v) is 6.49. The molecule has 7 heteroatoms. The molecule has 1 fully saturated rings. The molecular weight excluding hydrogens is 276 g/mol. The summed E-state index contributed by atoms with van der Waals surface area (Å²) >= 11 is 5.86. The molecule has 2 rings (SSSR count). The van der Waals surface area contributed by atoms with Gasteiger partial charge in [0.15, 0.2) is 14.9 Å². The van der Waals surface area contributed by atoms with Gasteiger partial charge in [-0.15, -0.1) is 0 Å². The van der Waals surface area contributed by atoms with E-state index in [2.05, 4.69) is 9.88 Å². The number of nitrogens with zero attached hydrogens (tertiary/aromatic N) is 2. The summed E-state index contributed by atoms with van der Waals surface area (Å²) in [7, 11) is -3.42. The molecule has 0 spiro atoms. The van der Waals surface area contributed by atoms with Crippen LogP contribution in [-0.4, -0.2) is 56.9 Å². The summed E-state index contributed by atoms with van der Waals surface area (Å²) < 4.78 is 29.4. The number of hydrogen-bond acceptors (Lipinski definition) is 5. The van der Waals surface area contributed by atoms with E-state index in [0.717, 1.165) is 13.1 Å². The Hall–Kier alpha value is -0.690. The molecule has 0 aliphatic carbocycles. The topological polar surface area (TPSA) is 59.5 Å². The Morgan fingerprint density at radius 1 is 1.39 bits per heavy atom. The predicted molar refractivity (Wildman–Crippen MR) is 68.6 cm³/mol. The van der Waals surface area contributed by atoms with Gasteiger partial charge in [0.1, 0.15) is 0 Å². The van der Waals surface area contributed by atoms with Crippen LogP contribution in [0.25, 0.3) is 0 Å². The second-order valence-electron chi connectivity index (χ2n) is 4.06. The maximum Gasteiger partial charge on any atom is 0.198 e. The summed E-state index contributed by atoms with van der Waals surface area (Å²) in [4.78, 5) is 5.92. The molecule has 1 aliphatic rings. The fraction of sp³-hybridized carbons (Fsp3) is 0.545. The van der Waals surface area contributed by atoms with Crippen LogP contribution in [0.1, 0.15) is 0 Å². The van der Waals surface area contributed by atoms with E-state index in [0.29, 0.717) is 19.8 Å². The average Bonchev–Trinajstić information content (AvgIpc) is 2.38. The van der Waals surface area contributed by atoms with Gasteiger partial charge >= 0.3 is 0 Å². The van der Waals surface area contributed by atoms with Crippen LogP contribution in [0.4, 0.5) is 0 Å². The van der Waals surface area contributed by atoms with Gasteiger partial charge in [-0.2, -0.15) is 0 Å². The van der Waals surface area contributed by atoms with E-state index in [9.17, 15) is 8.42 Å². The molecular formula is C11H15ClN2O3S. The van der Waals surface area contributed by atoms with Crippen molar-refractivity contribution in [2.75, 3.05) is 38.6 Å². The van der Waals surface area contributed by atoms with Gasteiger partial charge in [0.25, 0.3) is 0 Å². The molecule has 0 atom stereocenters. The highest BCUT2D eigenvalue weighted by molar-refractivity contribution is 7.91. The van der Waals surface area contributed by atoms with Crippen LogP contribution in [0, 0.1) is 0 Å². The first-order valence-corrected chi connectivity index (χ1v) is 7.76. The molecule has 0 radical (unpaired) electrons. The Kier molecular flexibility index (Phi) is 4.55. The molecule has 0 unspecified atom stereocenters. The van der Waals surface area contributed by atoms with Crippen LogP contribution >= 0.6 is 11.6 Å². The number of rotatable bonds is 4. The van der Waals surface area contributed by atoms with E-state index in [1.807, 2.05) is 0 Å². The first kappa shape index (κ1) is 13.7. The molecule has 1 aliphatic heterocycles. The Labute approximate surface area is 112 Å². The van der Waals surface area contributed by atoms with Gasteiger partial charge in [0.2, 0.25) is 0 Å². The number of aromatic nitrogens is 1. The van der Waals surface area contributed by atoms with Crippen LogP contribution in [0.15, 0.2) is 23.4 Å². The molecule has 1 saturated heterocycles. The highest BCUT2D eigenvalue weighted by Gasteiger charge is 2.21. The summed E-state index contributed by atoms with van der Waals surface area (Å²) in [6.07, 6.45) is 1.44. The standard InChI is InChI=1S/C11H15ClN2O3S/c12-10-2-1-3-13-11(10)18(15,16)9-6-14-4-7-17-8-5-14/h1-3H,4-9H2. The molecule has 0 aromatic carbocycles. The largest absolute Gasteiger partial charge is 0.379 e. The highest BCUT2D eigenvalue weighted by Crippen LogP contribution is 2.19. The third-order valence-electron chi connectivity index (χ3n) is 2.80. The lowest BCUT2D eigenvalue weighted by Crippen LogP contribution is -2.39. The number of ether oxygens (including phenoxy) is 1. The van der Waals surface area contributed by atoms with Gasteiger partial charge in [0, 0.05) is 25.8 Å². The summed E-state index contributed by atoms with van der Waals surface area (Å²) in [5.74, 6) is 0.0315. The van der Waals surface area contributed by atoms with E-state index >= 15 is 0 Å². The number of sulfone groups is 1. The molecule has 0 N–H and O–H groups in total. The van der Waals surface area contributed by atoms with Crippen molar-refractivity contribution < 1.29 is 13.2 Å². The van der Waals surface area contributed by atoms with Crippen molar-refractivity contribution in [3.8, 4) is 0 Å². The molecule has 5 nitrogen and oxygen atoms in total. The van der Waals surface area contributed by atoms with Crippen molar-refractivity contribution in [3.05, 3.63) is 23.4 Å².